The van der Waals surface area contributed by atoms with Gasteiger partial charge in [0.1, 0.15) is 18.9 Å². The molecule has 0 bridgehead atoms. The Bertz CT molecular complexity index is 1430. The Morgan fingerprint density at radius 2 is 1.81 bits per heavy atom. The number of carboxylic acid groups (broad SMARTS) is 1. The molecule has 0 spiro atoms. The lowest BCUT2D eigenvalue weighted by atomic mass is 10.1. The number of carbonyl (C=O) groups excluding carboxylic acids is 3. The maximum absolute atomic E-state index is 12.8. The fourth-order valence-electron chi connectivity index (χ4n) is 3.31. The van der Waals surface area contributed by atoms with Crippen molar-refractivity contribution in [1.29, 1.82) is 0 Å². The Morgan fingerprint density at radius 1 is 1.08 bits per heavy atom. The Labute approximate surface area is 229 Å². The molecule has 0 atom stereocenters. The Morgan fingerprint density at radius 3 is 2.49 bits per heavy atom. The van der Waals surface area contributed by atoms with Crippen LogP contribution in [0.1, 0.15) is 21.5 Å². The van der Waals surface area contributed by atoms with Crippen LogP contribution in [0.25, 0.3) is 6.08 Å². The van der Waals surface area contributed by atoms with Gasteiger partial charge in [-0.3, -0.25) is 19.3 Å². The van der Waals surface area contributed by atoms with Gasteiger partial charge >= 0.3 is 5.97 Å². The van der Waals surface area contributed by atoms with E-state index in [1.807, 2.05) is 0 Å². The van der Waals surface area contributed by atoms with E-state index in [0.717, 1.165) is 22.2 Å². The minimum absolute atomic E-state index is 0.189. The summed E-state index contributed by atoms with van der Waals surface area (Å²) >= 11 is 10.2. The molecule has 4 rings (SSSR count). The average molecular weight is 602 g/mol. The highest BCUT2D eigenvalue weighted by molar-refractivity contribution is 9.10. The van der Waals surface area contributed by atoms with Crippen LogP contribution in [-0.2, 0) is 16.2 Å². The molecule has 3 aromatic carbocycles. The highest BCUT2D eigenvalue weighted by atomic mass is 79.9. The van der Waals surface area contributed by atoms with E-state index in [9.17, 15) is 19.2 Å². The number of benzene rings is 3. The number of hydrogen-bond acceptors (Lipinski definition) is 6. The molecule has 37 heavy (non-hydrogen) atoms. The van der Waals surface area contributed by atoms with Crippen molar-refractivity contribution in [3.63, 3.8) is 0 Å². The monoisotopic (exact) mass is 600 g/mol. The van der Waals surface area contributed by atoms with Crippen LogP contribution in [0.15, 0.2) is 76.1 Å². The SMILES string of the molecule is O=C(CN1C(=O)S/C(=C/c2ccc(OCc3ccc(C(=O)O)cc3)c(Br)c2)C1=O)Nc1ccccc1Cl. The molecule has 3 aromatic rings. The van der Waals surface area contributed by atoms with Crippen molar-refractivity contribution in [3.8, 4) is 5.75 Å². The van der Waals surface area contributed by atoms with Gasteiger partial charge in [-0.1, -0.05) is 41.9 Å². The molecular weight excluding hydrogens is 584 g/mol. The van der Waals surface area contributed by atoms with Gasteiger partial charge in [0.25, 0.3) is 11.1 Å². The molecule has 0 radical (unpaired) electrons. The number of thioether (sulfide) groups is 1. The van der Waals surface area contributed by atoms with Crippen molar-refractivity contribution in [2.24, 2.45) is 0 Å². The Kier molecular flexibility index (Phi) is 8.32. The first-order valence-electron chi connectivity index (χ1n) is 10.8. The number of anilines is 1. The summed E-state index contributed by atoms with van der Waals surface area (Å²) < 4.78 is 6.43. The first-order chi connectivity index (χ1) is 17.7. The van der Waals surface area contributed by atoms with E-state index in [0.29, 0.717) is 26.5 Å². The van der Waals surface area contributed by atoms with Crippen molar-refractivity contribution < 1.29 is 29.0 Å². The second-order valence-electron chi connectivity index (χ2n) is 7.78. The number of nitrogens with zero attached hydrogens (tertiary/aromatic N) is 1. The first-order valence-corrected chi connectivity index (χ1v) is 12.7. The predicted octanol–water partition coefficient (Wildman–Crippen LogP) is 6.05. The maximum Gasteiger partial charge on any atom is 0.335 e. The van der Waals surface area contributed by atoms with E-state index in [1.165, 1.54) is 12.1 Å². The third kappa shape index (κ3) is 6.59. The number of aromatic carboxylic acids is 1. The van der Waals surface area contributed by atoms with E-state index >= 15 is 0 Å². The largest absolute Gasteiger partial charge is 0.488 e. The lowest BCUT2D eigenvalue weighted by Crippen LogP contribution is -2.36. The van der Waals surface area contributed by atoms with Gasteiger partial charge in [-0.15, -0.1) is 0 Å². The number of nitrogens with one attached hydrogen (secondary N) is 1. The minimum atomic E-state index is -0.996. The zero-order valence-electron chi connectivity index (χ0n) is 18.9. The van der Waals surface area contributed by atoms with Crippen LogP contribution in [0.3, 0.4) is 0 Å². The minimum Gasteiger partial charge on any atom is -0.488 e. The fourth-order valence-corrected chi connectivity index (χ4v) is 4.84. The van der Waals surface area contributed by atoms with Crippen LogP contribution in [0.2, 0.25) is 5.02 Å². The fraction of sp³-hybridized carbons (Fsp3) is 0.0769. The lowest BCUT2D eigenvalue weighted by Gasteiger charge is -2.13. The molecule has 8 nitrogen and oxygen atoms in total. The molecule has 0 saturated carbocycles. The van der Waals surface area contributed by atoms with Gasteiger partial charge in [-0.25, -0.2) is 4.79 Å². The molecule has 3 amide bonds. The molecule has 1 aliphatic heterocycles. The first kappa shape index (κ1) is 26.5. The maximum atomic E-state index is 12.8. The van der Waals surface area contributed by atoms with E-state index in [-0.39, 0.29) is 17.1 Å². The zero-order valence-corrected chi connectivity index (χ0v) is 22.1. The third-order valence-electron chi connectivity index (χ3n) is 5.17. The Hall–Kier alpha value is -3.60. The molecule has 1 fully saturated rings. The number of imide groups is 1. The van der Waals surface area contributed by atoms with Crippen molar-refractivity contribution in [3.05, 3.63) is 97.8 Å². The summed E-state index contributed by atoms with van der Waals surface area (Å²) in [5.41, 5.74) is 2.03. The number of hydrogen-bond donors (Lipinski definition) is 2. The van der Waals surface area contributed by atoms with Gasteiger partial charge in [-0.2, -0.15) is 0 Å². The number of amides is 3. The Balaban J connectivity index is 1.39. The number of para-hydroxylation sites is 1. The van der Waals surface area contributed by atoms with Gasteiger partial charge in [-0.05, 0) is 81.3 Å². The summed E-state index contributed by atoms with van der Waals surface area (Å²) in [6.07, 6.45) is 1.57. The van der Waals surface area contributed by atoms with Crippen LogP contribution < -0.4 is 10.1 Å². The van der Waals surface area contributed by atoms with E-state index in [2.05, 4.69) is 21.2 Å². The van der Waals surface area contributed by atoms with E-state index in [1.54, 1.807) is 60.7 Å². The second kappa shape index (κ2) is 11.6. The molecule has 2 N–H and O–H groups in total. The summed E-state index contributed by atoms with van der Waals surface area (Å²) in [5, 5.41) is 11.4. The molecule has 0 aromatic heterocycles. The van der Waals surface area contributed by atoms with Crippen molar-refractivity contribution in [1.82, 2.24) is 4.90 Å². The molecule has 1 aliphatic rings. The summed E-state index contributed by atoms with van der Waals surface area (Å²) in [4.78, 5) is 49.6. The van der Waals surface area contributed by atoms with Gasteiger partial charge in [0.05, 0.1) is 25.7 Å². The molecule has 0 aliphatic carbocycles. The van der Waals surface area contributed by atoms with Crippen LogP contribution >= 0.6 is 39.3 Å². The third-order valence-corrected chi connectivity index (χ3v) is 7.03. The highest BCUT2D eigenvalue weighted by Crippen LogP contribution is 2.34. The summed E-state index contributed by atoms with van der Waals surface area (Å²) in [5.74, 6) is -1.56. The number of halogens is 2. The summed E-state index contributed by atoms with van der Waals surface area (Å²) in [6.45, 7) is -0.204. The number of rotatable bonds is 8. The van der Waals surface area contributed by atoms with Gasteiger partial charge in [0.15, 0.2) is 0 Å². The molecule has 1 heterocycles. The van der Waals surface area contributed by atoms with Crippen molar-refractivity contribution in [2.45, 2.75) is 6.61 Å². The molecule has 0 unspecified atom stereocenters. The van der Waals surface area contributed by atoms with Crippen LogP contribution in [-0.4, -0.2) is 39.6 Å². The van der Waals surface area contributed by atoms with Gasteiger partial charge in [0, 0.05) is 0 Å². The lowest BCUT2D eigenvalue weighted by molar-refractivity contribution is -0.127. The van der Waals surface area contributed by atoms with Crippen molar-refractivity contribution in [2.75, 3.05) is 11.9 Å². The molecule has 11 heteroatoms. The van der Waals surface area contributed by atoms with Crippen molar-refractivity contribution >= 4 is 74.1 Å². The predicted molar refractivity (Wildman–Crippen MR) is 145 cm³/mol. The summed E-state index contributed by atoms with van der Waals surface area (Å²) in [6, 6.07) is 18.2. The van der Waals surface area contributed by atoms with Crippen LogP contribution in [0.5, 0.6) is 5.75 Å². The molecule has 188 valence electrons. The highest BCUT2D eigenvalue weighted by Gasteiger charge is 2.36. The second-order valence-corrected chi connectivity index (χ2v) is 10.0. The topological polar surface area (TPSA) is 113 Å². The summed E-state index contributed by atoms with van der Waals surface area (Å²) in [7, 11) is 0. The number of ether oxygens (including phenoxy) is 1. The standard InChI is InChI=1S/C26H18BrClN2O6S/c27-18-11-16(7-10-21(18)36-14-15-5-8-17(9-6-15)25(33)34)12-22-24(32)30(26(35)37-22)13-23(31)29-20-4-2-1-3-19(20)28/h1-12H,13-14H2,(H,29,31)(H,33,34)/b22-12+. The smallest absolute Gasteiger partial charge is 0.335 e. The van der Waals surface area contributed by atoms with E-state index in [4.69, 9.17) is 21.4 Å². The number of carboxylic acids is 1. The van der Waals surface area contributed by atoms with Gasteiger partial charge < -0.3 is 15.2 Å². The number of carbonyl (C=O) groups is 4. The zero-order chi connectivity index (χ0) is 26.5. The quantitative estimate of drug-likeness (QED) is 0.302. The normalized spacial score (nSPS) is 14.2. The van der Waals surface area contributed by atoms with Crippen LogP contribution in [0.4, 0.5) is 10.5 Å². The van der Waals surface area contributed by atoms with Crippen LogP contribution in [0, 0.1) is 0 Å². The molecular formula is C26H18BrClN2O6S. The van der Waals surface area contributed by atoms with E-state index < -0.39 is 29.6 Å². The van der Waals surface area contributed by atoms with Gasteiger partial charge in [0.2, 0.25) is 5.91 Å². The average Bonchev–Trinajstić information content (AvgIpc) is 3.12. The molecule has 1 saturated heterocycles.